The molecule has 1 unspecified atom stereocenters. The molecule has 4 radical (unpaired) electrons. The Bertz CT molecular complexity index is 2010. The zero-order valence-electron chi connectivity index (χ0n) is 29.1. The van der Waals surface area contributed by atoms with Crippen LogP contribution in [0.5, 0.6) is 0 Å². The zero-order chi connectivity index (χ0) is 36.0. The smallest absolute Gasteiger partial charge is 0.273 e. The number of benzene rings is 1. The van der Waals surface area contributed by atoms with Crippen LogP contribution in [0.1, 0.15) is 77.6 Å². The molecule has 258 valence electrons. The molecule has 3 aromatic heterocycles. The topological polar surface area (TPSA) is 162 Å². The Labute approximate surface area is 299 Å². The number of fused-ring (bicyclic) bond motifs is 3. The Morgan fingerprint density at radius 2 is 1.75 bits per heavy atom. The van der Waals surface area contributed by atoms with Crippen LogP contribution in [-0.4, -0.2) is 97.0 Å². The molecule has 1 aromatic carbocycles. The predicted molar refractivity (Wildman–Crippen MR) is 195 cm³/mol. The van der Waals surface area contributed by atoms with Crippen molar-refractivity contribution >= 4 is 56.3 Å². The second-order valence-corrected chi connectivity index (χ2v) is 13.2. The number of carbonyl (C=O) groups excluding carboxylic acids is 3. The summed E-state index contributed by atoms with van der Waals surface area (Å²) in [7, 11) is 16.9. The van der Waals surface area contributed by atoms with E-state index in [0.29, 0.717) is 31.0 Å². The molecule has 7 rings (SSSR count). The first-order chi connectivity index (χ1) is 24.5. The molecule has 0 spiro atoms. The van der Waals surface area contributed by atoms with E-state index in [1.807, 2.05) is 30.2 Å². The molecule has 1 saturated heterocycles. The molecule has 14 nitrogen and oxygen atoms in total. The number of anilines is 4. The van der Waals surface area contributed by atoms with Gasteiger partial charge in [-0.15, -0.1) is 10.2 Å². The first-order valence-corrected chi connectivity index (χ1v) is 17.2. The van der Waals surface area contributed by atoms with Gasteiger partial charge in [0.2, 0.25) is 5.91 Å². The Balaban J connectivity index is 1.17. The number of aromatic nitrogens is 5. The molecule has 0 bridgehead atoms. The molecule has 3 amide bonds. The van der Waals surface area contributed by atoms with E-state index in [4.69, 9.17) is 20.8 Å². The normalized spacial score (nSPS) is 17.2. The van der Waals surface area contributed by atoms with Gasteiger partial charge in [-0.2, -0.15) is 5.10 Å². The minimum atomic E-state index is -1.38. The third kappa shape index (κ3) is 6.21. The Kier molecular flexibility index (Phi) is 9.04. The van der Waals surface area contributed by atoms with Gasteiger partial charge < -0.3 is 31.1 Å². The highest BCUT2D eigenvalue weighted by molar-refractivity contribution is 6.39. The lowest BCUT2D eigenvalue weighted by Gasteiger charge is -2.50. The molecule has 5 heterocycles. The lowest BCUT2D eigenvalue weighted by atomic mass is 9.57. The minimum absolute atomic E-state index is 0.0111. The second-order valence-electron chi connectivity index (χ2n) is 13.2. The van der Waals surface area contributed by atoms with E-state index in [1.54, 1.807) is 24.3 Å². The quantitative estimate of drug-likeness (QED) is 0.173. The molecule has 4 aromatic rings. The fourth-order valence-electron chi connectivity index (χ4n) is 6.91. The van der Waals surface area contributed by atoms with Crippen molar-refractivity contribution < 1.29 is 14.4 Å². The van der Waals surface area contributed by atoms with E-state index >= 15 is 0 Å². The van der Waals surface area contributed by atoms with Crippen LogP contribution < -0.4 is 26.2 Å². The van der Waals surface area contributed by atoms with E-state index in [2.05, 4.69) is 66.1 Å². The van der Waals surface area contributed by atoms with E-state index in [-0.39, 0.29) is 47.0 Å². The van der Waals surface area contributed by atoms with Gasteiger partial charge in [0.1, 0.15) is 5.69 Å². The number of para-hydroxylation sites is 1. The average Bonchev–Trinajstić information content (AvgIpc) is 3.88. The largest absolute Gasteiger partial charge is 0.364 e. The Morgan fingerprint density at radius 1 is 0.980 bits per heavy atom. The summed E-state index contributed by atoms with van der Waals surface area (Å²) in [4.78, 5) is 46.4. The highest BCUT2D eigenvalue weighted by atomic mass is 16.2. The molecule has 2 fully saturated rings. The van der Waals surface area contributed by atoms with Crippen molar-refractivity contribution in [3.63, 3.8) is 0 Å². The molecule has 1 saturated carbocycles. The molecule has 3 aliphatic rings. The number of hydrogen-bond donors (Lipinski definition) is 4. The minimum Gasteiger partial charge on any atom is -0.364 e. The fourth-order valence-corrected chi connectivity index (χ4v) is 6.91. The van der Waals surface area contributed by atoms with Crippen LogP contribution in [0.4, 0.5) is 22.9 Å². The van der Waals surface area contributed by atoms with Crippen LogP contribution >= 0.6 is 0 Å². The SMILES string of the molecule is [B]C([B])(c1cccc(C(=O)NCC)n1)N1CC(n2ncc3c2C(CC)N(C)c2c(Nc4cc(NC(=O)C5CC5)nnc4C(=O)NC)cccc2-3)C1. The van der Waals surface area contributed by atoms with Crippen LogP contribution in [0.25, 0.3) is 11.1 Å². The van der Waals surface area contributed by atoms with Crippen LogP contribution in [0.15, 0.2) is 48.7 Å². The van der Waals surface area contributed by atoms with E-state index in [0.717, 1.165) is 47.5 Å². The van der Waals surface area contributed by atoms with Gasteiger partial charge in [0.25, 0.3) is 11.8 Å². The molecule has 4 N–H and O–H groups in total. The average molecular weight is 683 g/mol. The summed E-state index contributed by atoms with van der Waals surface area (Å²) in [6, 6.07) is 12.7. The summed E-state index contributed by atoms with van der Waals surface area (Å²) in [5.41, 5.74) is 5.98. The van der Waals surface area contributed by atoms with Crippen molar-refractivity contribution in [3.05, 3.63) is 71.4 Å². The lowest BCUT2D eigenvalue weighted by molar-refractivity contribution is -0.117. The molecular formula is C35H39B2N11O3. The summed E-state index contributed by atoms with van der Waals surface area (Å²) < 4.78 is 2.08. The number of likely N-dealkylation sites (tertiary alicyclic amines) is 1. The van der Waals surface area contributed by atoms with Gasteiger partial charge in [-0.25, -0.2) is 4.98 Å². The molecule has 16 heteroatoms. The van der Waals surface area contributed by atoms with E-state index < -0.39 is 11.2 Å². The van der Waals surface area contributed by atoms with Gasteiger partial charge >= 0.3 is 0 Å². The second kappa shape index (κ2) is 13.5. The lowest BCUT2D eigenvalue weighted by Crippen LogP contribution is -2.60. The van der Waals surface area contributed by atoms with Crippen LogP contribution in [0.2, 0.25) is 0 Å². The third-order valence-corrected chi connectivity index (χ3v) is 9.85. The standard InChI is InChI=1S/C35H39B2N11O3/c1-5-26-31-22(16-40-48(31)20-17-47(18-20)35(36,37)27-12-8-11-24(42-27)33(50)39-6-2)21-9-7-10-23(30(21)46(26)4)41-25-15-28(43-32(49)19-13-14-19)44-45-29(25)34(51)38-3/h7-12,15-16,19-20,26H,5-6,13-14,17-18H2,1-4H3,(H,38,51)(H,39,50)(H2,41,43,44,49). The number of nitrogens with one attached hydrogen (secondary N) is 4. The highest BCUT2D eigenvalue weighted by Crippen LogP contribution is 2.50. The molecule has 1 aliphatic carbocycles. The van der Waals surface area contributed by atoms with Gasteiger partial charge in [-0.3, -0.25) is 19.1 Å². The predicted octanol–water partition coefficient (Wildman–Crippen LogP) is 2.84. The number of carbonyl (C=O) groups is 3. The summed E-state index contributed by atoms with van der Waals surface area (Å²) >= 11 is 0. The summed E-state index contributed by atoms with van der Waals surface area (Å²) in [6.45, 7) is 5.56. The first kappa shape index (κ1) is 34.2. The summed E-state index contributed by atoms with van der Waals surface area (Å²) in [6.07, 6.45) is 4.41. The van der Waals surface area contributed by atoms with E-state index in [9.17, 15) is 14.4 Å². The number of amides is 3. The number of pyridine rings is 1. The van der Waals surface area contributed by atoms with Crippen molar-refractivity contribution in [2.75, 3.05) is 49.3 Å². The van der Waals surface area contributed by atoms with Crippen molar-refractivity contribution in [1.82, 2.24) is 40.5 Å². The first-order valence-electron chi connectivity index (χ1n) is 17.2. The van der Waals surface area contributed by atoms with Crippen LogP contribution in [-0.2, 0) is 10.1 Å². The van der Waals surface area contributed by atoms with Crippen molar-refractivity contribution in [3.8, 4) is 11.1 Å². The molecular weight excluding hydrogens is 644 g/mol. The van der Waals surface area contributed by atoms with Gasteiger partial charge in [0, 0.05) is 62.5 Å². The van der Waals surface area contributed by atoms with Gasteiger partial charge in [-0.05, 0) is 49.7 Å². The van der Waals surface area contributed by atoms with Gasteiger partial charge in [0.15, 0.2) is 11.5 Å². The maximum atomic E-state index is 12.8. The summed E-state index contributed by atoms with van der Waals surface area (Å²) in [5.74, 6) is -0.523. The van der Waals surface area contributed by atoms with Crippen molar-refractivity contribution in [2.45, 2.75) is 50.5 Å². The van der Waals surface area contributed by atoms with E-state index in [1.165, 1.54) is 7.05 Å². The number of nitrogens with zero attached hydrogens (tertiary/aromatic N) is 7. The molecule has 1 atom stereocenters. The summed E-state index contributed by atoms with van der Waals surface area (Å²) in [5, 5.41) is 23.4. The van der Waals surface area contributed by atoms with Crippen molar-refractivity contribution in [2.24, 2.45) is 5.92 Å². The van der Waals surface area contributed by atoms with Crippen molar-refractivity contribution in [1.29, 1.82) is 0 Å². The van der Waals surface area contributed by atoms with Gasteiger partial charge in [-0.1, -0.05) is 25.1 Å². The zero-order valence-corrected chi connectivity index (χ0v) is 29.1. The fraction of sp³-hybridized carbons (Fsp3) is 0.400. The number of rotatable bonds is 11. The van der Waals surface area contributed by atoms with Crippen LogP contribution in [0, 0.1) is 5.92 Å². The van der Waals surface area contributed by atoms with Gasteiger partial charge in [0.05, 0.1) is 56.7 Å². The monoisotopic (exact) mass is 683 g/mol. The maximum absolute atomic E-state index is 12.8. The Hall–Kier alpha value is -5.24. The number of hydrogen-bond acceptors (Lipinski definition) is 10. The Morgan fingerprint density at radius 3 is 2.45 bits per heavy atom. The third-order valence-electron chi connectivity index (χ3n) is 9.85. The van der Waals surface area contributed by atoms with Crippen LogP contribution in [0.3, 0.4) is 0 Å². The molecule has 51 heavy (non-hydrogen) atoms. The highest BCUT2D eigenvalue weighted by Gasteiger charge is 2.43. The maximum Gasteiger partial charge on any atom is 0.273 e. The molecule has 2 aliphatic heterocycles.